The quantitative estimate of drug-likeness (QED) is 0.828. The van der Waals surface area contributed by atoms with Crippen LogP contribution in [0.1, 0.15) is 25.7 Å². The third kappa shape index (κ3) is 3.19. The Labute approximate surface area is 113 Å². The molecule has 18 heavy (non-hydrogen) atoms. The number of nitrogens with one attached hydrogen (secondary N) is 1. The Bertz CT molecular complexity index is 305. The maximum Gasteiger partial charge on any atom is 0.156 e. The van der Waals surface area contributed by atoms with E-state index in [1.807, 2.05) is 11.8 Å². The highest BCUT2D eigenvalue weighted by molar-refractivity contribution is 8.13. The summed E-state index contributed by atoms with van der Waals surface area (Å²) in [6.07, 6.45) is 5.62. The second-order valence-electron chi connectivity index (χ2n) is 5.32. The van der Waals surface area contributed by atoms with Crippen LogP contribution in [0.15, 0.2) is 4.99 Å². The molecule has 3 atom stereocenters. The maximum atomic E-state index is 5.61. The fourth-order valence-electron chi connectivity index (χ4n) is 2.90. The van der Waals surface area contributed by atoms with Crippen molar-refractivity contribution in [2.75, 3.05) is 32.1 Å². The Morgan fingerprint density at radius 3 is 3.11 bits per heavy atom. The highest BCUT2D eigenvalue weighted by Gasteiger charge is 2.30. The van der Waals surface area contributed by atoms with Gasteiger partial charge in [-0.15, -0.1) is 0 Å². The lowest BCUT2D eigenvalue weighted by atomic mass is 9.86. The van der Waals surface area contributed by atoms with Gasteiger partial charge < -0.3 is 14.8 Å². The van der Waals surface area contributed by atoms with E-state index in [4.69, 9.17) is 9.47 Å². The molecule has 0 bridgehead atoms. The zero-order valence-corrected chi connectivity index (χ0v) is 11.6. The number of rotatable bonds is 2. The second kappa shape index (κ2) is 6.26. The first kappa shape index (κ1) is 12.8. The van der Waals surface area contributed by atoms with Crippen molar-refractivity contribution in [2.45, 2.75) is 37.8 Å². The van der Waals surface area contributed by atoms with Crippen molar-refractivity contribution in [3.63, 3.8) is 0 Å². The van der Waals surface area contributed by atoms with E-state index in [0.29, 0.717) is 19.3 Å². The minimum atomic E-state index is 0.151. The monoisotopic (exact) mass is 270 g/mol. The highest BCUT2D eigenvalue weighted by atomic mass is 32.2. The number of ether oxygens (including phenoxy) is 2. The first-order chi connectivity index (χ1) is 8.92. The summed E-state index contributed by atoms with van der Waals surface area (Å²) in [5.74, 6) is 2.09. The third-order valence-electron chi connectivity index (χ3n) is 3.98. The number of hydrogen-bond donors (Lipinski definition) is 1. The van der Waals surface area contributed by atoms with Gasteiger partial charge in [0.15, 0.2) is 5.17 Å². The lowest BCUT2D eigenvalue weighted by Gasteiger charge is -2.37. The summed E-state index contributed by atoms with van der Waals surface area (Å²) in [6, 6.07) is 0.669. The fourth-order valence-corrected chi connectivity index (χ4v) is 4.07. The summed E-state index contributed by atoms with van der Waals surface area (Å²) in [7, 11) is 0. The number of fused-ring (bicyclic) bond motifs is 1. The molecule has 102 valence electrons. The Morgan fingerprint density at radius 1 is 1.28 bits per heavy atom. The summed E-state index contributed by atoms with van der Waals surface area (Å²) in [5.41, 5.74) is 0. The van der Waals surface area contributed by atoms with E-state index in [1.54, 1.807) is 0 Å². The van der Waals surface area contributed by atoms with Gasteiger partial charge in [-0.2, -0.15) is 0 Å². The molecule has 2 aliphatic heterocycles. The van der Waals surface area contributed by atoms with Crippen LogP contribution >= 0.6 is 11.8 Å². The number of amidine groups is 1. The van der Waals surface area contributed by atoms with Crippen LogP contribution in [0.4, 0.5) is 0 Å². The minimum Gasteiger partial charge on any atom is -0.376 e. The zero-order valence-electron chi connectivity index (χ0n) is 10.8. The maximum absolute atomic E-state index is 5.61. The molecule has 0 aromatic rings. The lowest BCUT2D eigenvalue weighted by molar-refractivity contribution is -0.0832. The Balaban J connectivity index is 1.50. The molecule has 0 radical (unpaired) electrons. The van der Waals surface area contributed by atoms with Gasteiger partial charge in [-0.3, -0.25) is 4.99 Å². The zero-order chi connectivity index (χ0) is 12.2. The number of hydrogen-bond acceptors (Lipinski definition) is 4. The standard InChI is InChI=1S/C13H22N2O2S/c1-2-4-12-10(3-1)9-18-13(15-12)14-7-11-8-16-5-6-17-11/h10-12H,1-9H2,(H,14,15). The molecule has 2 saturated heterocycles. The largest absolute Gasteiger partial charge is 0.376 e. The number of aliphatic imine (C=N–C) groups is 1. The van der Waals surface area contributed by atoms with Crippen molar-refractivity contribution in [3.05, 3.63) is 0 Å². The van der Waals surface area contributed by atoms with Gasteiger partial charge in [0.25, 0.3) is 0 Å². The predicted octanol–water partition coefficient (Wildman–Crippen LogP) is 1.65. The molecule has 3 aliphatic rings. The van der Waals surface area contributed by atoms with Crippen LogP contribution in [-0.2, 0) is 9.47 Å². The van der Waals surface area contributed by atoms with Gasteiger partial charge in [0.05, 0.1) is 26.4 Å². The average molecular weight is 270 g/mol. The molecule has 4 nitrogen and oxygen atoms in total. The van der Waals surface area contributed by atoms with Crippen molar-refractivity contribution in [3.8, 4) is 0 Å². The summed E-state index contributed by atoms with van der Waals surface area (Å²) in [6.45, 7) is 2.85. The predicted molar refractivity (Wildman–Crippen MR) is 74.2 cm³/mol. The molecular formula is C13H22N2O2S. The molecule has 0 aromatic heterocycles. The lowest BCUT2D eigenvalue weighted by Crippen LogP contribution is -2.46. The van der Waals surface area contributed by atoms with E-state index in [1.165, 1.54) is 31.4 Å². The van der Waals surface area contributed by atoms with Crippen molar-refractivity contribution in [1.29, 1.82) is 0 Å². The summed E-state index contributed by atoms with van der Waals surface area (Å²) in [4.78, 5) is 4.66. The molecule has 3 unspecified atom stereocenters. The van der Waals surface area contributed by atoms with Crippen LogP contribution in [-0.4, -0.2) is 49.4 Å². The first-order valence-electron chi connectivity index (χ1n) is 7.05. The molecule has 0 spiro atoms. The van der Waals surface area contributed by atoms with Gasteiger partial charge in [-0.25, -0.2) is 0 Å². The van der Waals surface area contributed by atoms with Gasteiger partial charge in [-0.05, 0) is 18.8 Å². The summed E-state index contributed by atoms with van der Waals surface area (Å²) in [5, 5.41) is 4.73. The van der Waals surface area contributed by atoms with Gasteiger partial charge >= 0.3 is 0 Å². The normalized spacial score (nSPS) is 39.1. The first-order valence-corrected chi connectivity index (χ1v) is 8.03. The molecular weight excluding hydrogens is 248 g/mol. The van der Waals surface area contributed by atoms with Crippen molar-refractivity contribution in [2.24, 2.45) is 10.9 Å². The molecule has 1 saturated carbocycles. The summed E-state index contributed by atoms with van der Waals surface area (Å²) < 4.78 is 11.0. The van der Waals surface area contributed by atoms with Crippen molar-refractivity contribution >= 4 is 16.9 Å². The highest BCUT2D eigenvalue weighted by Crippen LogP contribution is 2.31. The van der Waals surface area contributed by atoms with Gasteiger partial charge in [-0.1, -0.05) is 24.6 Å². The molecule has 3 rings (SSSR count). The molecule has 0 amide bonds. The second-order valence-corrected chi connectivity index (χ2v) is 6.33. The SMILES string of the molecule is C1CCC2NC(=NCC3COCCO3)SCC2C1. The van der Waals surface area contributed by atoms with Crippen LogP contribution in [0.5, 0.6) is 0 Å². The van der Waals surface area contributed by atoms with Gasteiger partial charge in [0.1, 0.15) is 6.10 Å². The molecule has 1 N–H and O–H groups in total. The van der Waals surface area contributed by atoms with E-state index in [2.05, 4.69) is 10.3 Å². The number of nitrogens with zero attached hydrogens (tertiary/aromatic N) is 1. The molecule has 0 aromatic carbocycles. The third-order valence-corrected chi connectivity index (χ3v) is 5.09. The van der Waals surface area contributed by atoms with Crippen molar-refractivity contribution in [1.82, 2.24) is 5.32 Å². The average Bonchev–Trinajstić information content (AvgIpc) is 2.46. The molecule has 2 heterocycles. The Kier molecular flexibility index (Phi) is 4.44. The van der Waals surface area contributed by atoms with Crippen LogP contribution in [0.2, 0.25) is 0 Å². The minimum absolute atomic E-state index is 0.151. The van der Waals surface area contributed by atoms with E-state index in [0.717, 1.165) is 24.2 Å². The van der Waals surface area contributed by atoms with Crippen LogP contribution in [0, 0.1) is 5.92 Å². The van der Waals surface area contributed by atoms with Crippen LogP contribution in [0.25, 0.3) is 0 Å². The van der Waals surface area contributed by atoms with Gasteiger partial charge in [0, 0.05) is 11.8 Å². The van der Waals surface area contributed by atoms with Crippen molar-refractivity contribution < 1.29 is 9.47 Å². The molecule has 3 fully saturated rings. The Morgan fingerprint density at radius 2 is 2.22 bits per heavy atom. The molecule has 1 aliphatic carbocycles. The van der Waals surface area contributed by atoms with E-state index < -0.39 is 0 Å². The summed E-state index contributed by atoms with van der Waals surface area (Å²) >= 11 is 1.88. The molecule has 5 heteroatoms. The number of thioether (sulfide) groups is 1. The smallest absolute Gasteiger partial charge is 0.156 e. The van der Waals surface area contributed by atoms with Crippen LogP contribution in [0.3, 0.4) is 0 Å². The van der Waals surface area contributed by atoms with Gasteiger partial charge in [0.2, 0.25) is 0 Å². The topological polar surface area (TPSA) is 42.9 Å². The van der Waals surface area contributed by atoms with E-state index >= 15 is 0 Å². The van der Waals surface area contributed by atoms with E-state index in [-0.39, 0.29) is 6.10 Å². The van der Waals surface area contributed by atoms with Crippen LogP contribution < -0.4 is 5.32 Å². The van der Waals surface area contributed by atoms with E-state index in [9.17, 15) is 0 Å². The Hall–Kier alpha value is -0.260. The fraction of sp³-hybridized carbons (Fsp3) is 0.923.